The molecule has 0 aromatic heterocycles. The minimum absolute atomic E-state index is 0.565. The maximum Gasteiger partial charge on any atom is 0.299 e. The molecule has 0 fully saturated rings. The molecule has 3 heteroatoms. The molecule has 0 radical (unpaired) electrons. The number of rotatable bonds is 5. The van der Waals surface area contributed by atoms with Gasteiger partial charge >= 0.3 is 0 Å². The summed E-state index contributed by atoms with van der Waals surface area (Å²) in [5, 5.41) is -0.648. The van der Waals surface area contributed by atoms with Crippen LogP contribution in [0.1, 0.15) is 26.3 Å². The first-order valence-corrected chi connectivity index (χ1v) is 6.55. The SMILES string of the molecule is CC=C(c1ccccc1)C(C)(OCC)[SiH]=O. The molecule has 1 rings (SSSR count). The zero-order chi connectivity index (χ0) is 12.0. The second-order valence-corrected chi connectivity index (χ2v) is 5.06. The van der Waals surface area contributed by atoms with Crippen LogP contribution < -0.4 is 0 Å². The van der Waals surface area contributed by atoms with Crippen molar-refractivity contribution in [2.45, 2.75) is 26.0 Å². The van der Waals surface area contributed by atoms with Gasteiger partial charge < -0.3 is 9.20 Å². The fourth-order valence-corrected chi connectivity index (χ4v) is 2.53. The van der Waals surface area contributed by atoms with E-state index in [9.17, 15) is 4.46 Å². The summed E-state index contributed by atoms with van der Waals surface area (Å²) in [6.07, 6.45) is 1.98. The van der Waals surface area contributed by atoms with E-state index in [1.165, 1.54) is 0 Å². The summed E-state index contributed by atoms with van der Waals surface area (Å²) in [7, 11) is -1.02. The summed E-state index contributed by atoms with van der Waals surface area (Å²) >= 11 is 0. The predicted octanol–water partition coefficient (Wildman–Crippen LogP) is 2.62. The summed E-state index contributed by atoms with van der Waals surface area (Å²) in [6.45, 7) is 6.33. The standard InChI is InChI=1S/C13H18O2Si/c1-4-12(11-9-7-6-8-10-11)13(3,16-14)15-5-2/h4,6-10,16H,5H2,1-3H3. The van der Waals surface area contributed by atoms with Crippen molar-refractivity contribution in [3.8, 4) is 0 Å². The lowest BCUT2D eigenvalue weighted by Crippen LogP contribution is -2.33. The van der Waals surface area contributed by atoms with Crippen molar-refractivity contribution in [1.29, 1.82) is 0 Å². The Labute approximate surface area is 99.2 Å². The molecule has 0 spiro atoms. The Morgan fingerprint density at radius 3 is 2.50 bits per heavy atom. The molecule has 1 unspecified atom stereocenters. The molecule has 16 heavy (non-hydrogen) atoms. The molecule has 0 aliphatic rings. The van der Waals surface area contributed by atoms with E-state index >= 15 is 0 Å². The second kappa shape index (κ2) is 5.87. The van der Waals surface area contributed by atoms with Gasteiger partial charge in [0.15, 0.2) is 0 Å². The van der Waals surface area contributed by atoms with Crippen molar-refractivity contribution in [2.24, 2.45) is 0 Å². The molecule has 0 saturated heterocycles. The van der Waals surface area contributed by atoms with Gasteiger partial charge in [0.25, 0.3) is 9.41 Å². The third kappa shape index (κ3) is 2.74. The summed E-state index contributed by atoms with van der Waals surface area (Å²) in [4.78, 5) is 0. The minimum atomic E-state index is -1.02. The lowest BCUT2D eigenvalue weighted by atomic mass is 10.0. The van der Waals surface area contributed by atoms with Gasteiger partial charge in [-0.2, -0.15) is 0 Å². The van der Waals surface area contributed by atoms with Crippen LogP contribution in [0.3, 0.4) is 0 Å². The Bertz CT molecular complexity index is 373. The van der Waals surface area contributed by atoms with Crippen molar-refractivity contribution in [3.05, 3.63) is 42.0 Å². The molecule has 2 nitrogen and oxygen atoms in total. The minimum Gasteiger partial charge on any atom is -0.389 e. The van der Waals surface area contributed by atoms with Gasteiger partial charge in [-0.05, 0) is 31.9 Å². The van der Waals surface area contributed by atoms with Gasteiger partial charge in [0.1, 0.15) is 5.22 Å². The van der Waals surface area contributed by atoms with Crippen LogP contribution in [0.25, 0.3) is 5.57 Å². The van der Waals surface area contributed by atoms with Crippen LogP contribution in [-0.2, 0) is 9.20 Å². The molecule has 0 bridgehead atoms. The first-order valence-electron chi connectivity index (χ1n) is 5.50. The Balaban J connectivity index is 3.12. The highest BCUT2D eigenvalue weighted by Gasteiger charge is 2.30. The highest BCUT2D eigenvalue weighted by Crippen LogP contribution is 2.28. The summed E-state index contributed by atoms with van der Waals surface area (Å²) in [6, 6.07) is 9.96. The normalized spacial score (nSPS) is 15.6. The second-order valence-electron chi connectivity index (χ2n) is 3.73. The largest absolute Gasteiger partial charge is 0.389 e. The van der Waals surface area contributed by atoms with Crippen molar-refractivity contribution >= 4 is 15.0 Å². The summed E-state index contributed by atoms with van der Waals surface area (Å²) < 4.78 is 17.1. The molecule has 1 aromatic carbocycles. The monoisotopic (exact) mass is 234 g/mol. The van der Waals surface area contributed by atoms with E-state index in [1.807, 2.05) is 57.2 Å². The Morgan fingerprint density at radius 1 is 1.44 bits per heavy atom. The van der Waals surface area contributed by atoms with Crippen molar-refractivity contribution in [3.63, 3.8) is 0 Å². The van der Waals surface area contributed by atoms with E-state index < -0.39 is 14.6 Å². The average molecular weight is 234 g/mol. The molecule has 0 aliphatic carbocycles. The molecular formula is C13H18O2Si. The van der Waals surface area contributed by atoms with E-state index in [0.717, 1.165) is 11.1 Å². The van der Waals surface area contributed by atoms with Crippen molar-refractivity contribution in [2.75, 3.05) is 6.61 Å². The Morgan fingerprint density at radius 2 is 2.06 bits per heavy atom. The first kappa shape index (κ1) is 13.0. The van der Waals surface area contributed by atoms with Crippen LogP contribution in [0, 0.1) is 0 Å². The maximum atomic E-state index is 11.4. The van der Waals surface area contributed by atoms with Crippen molar-refractivity contribution < 1.29 is 9.20 Å². The van der Waals surface area contributed by atoms with Crippen molar-refractivity contribution in [1.82, 2.24) is 0 Å². The highest BCUT2D eigenvalue weighted by atomic mass is 28.2. The number of allylic oxidation sites excluding steroid dienone is 1. The van der Waals surface area contributed by atoms with Crippen LogP contribution in [0.4, 0.5) is 0 Å². The molecule has 0 aliphatic heterocycles. The van der Waals surface area contributed by atoms with Gasteiger partial charge in [-0.25, -0.2) is 0 Å². The van der Waals surface area contributed by atoms with E-state index in [-0.39, 0.29) is 0 Å². The average Bonchev–Trinajstić information content (AvgIpc) is 2.31. The molecule has 0 N–H and O–H groups in total. The number of hydrogen-bond acceptors (Lipinski definition) is 2. The van der Waals surface area contributed by atoms with Gasteiger partial charge in [-0.15, -0.1) is 0 Å². The number of benzene rings is 1. The molecule has 0 saturated carbocycles. The number of hydrogen-bond donors (Lipinski definition) is 0. The van der Waals surface area contributed by atoms with Crippen LogP contribution in [0.2, 0.25) is 0 Å². The molecule has 1 aromatic rings. The summed E-state index contributed by atoms with van der Waals surface area (Å²) in [5.74, 6) is 0. The van der Waals surface area contributed by atoms with Gasteiger partial charge in [0.05, 0.1) is 0 Å². The zero-order valence-electron chi connectivity index (χ0n) is 10.1. The fourth-order valence-electron chi connectivity index (χ4n) is 1.83. The van der Waals surface area contributed by atoms with Gasteiger partial charge in [-0.3, -0.25) is 0 Å². The van der Waals surface area contributed by atoms with E-state index in [2.05, 4.69) is 0 Å². The molecular weight excluding hydrogens is 216 g/mol. The molecule has 1 atom stereocenters. The number of ether oxygens (including phenoxy) is 1. The van der Waals surface area contributed by atoms with Gasteiger partial charge in [0.2, 0.25) is 0 Å². The molecule has 0 amide bonds. The van der Waals surface area contributed by atoms with Crippen LogP contribution in [0.5, 0.6) is 0 Å². The third-order valence-electron chi connectivity index (χ3n) is 2.58. The van der Waals surface area contributed by atoms with E-state index in [0.29, 0.717) is 6.61 Å². The fraction of sp³-hybridized carbons (Fsp3) is 0.385. The molecule has 86 valence electrons. The highest BCUT2D eigenvalue weighted by molar-refractivity contribution is 6.28. The van der Waals surface area contributed by atoms with Gasteiger partial charge in [-0.1, -0.05) is 36.4 Å². The lowest BCUT2D eigenvalue weighted by molar-refractivity contribution is 0.0782. The topological polar surface area (TPSA) is 26.3 Å². The zero-order valence-corrected chi connectivity index (χ0v) is 11.2. The first-order chi connectivity index (χ1) is 7.68. The van der Waals surface area contributed by atoms with Crippen LogP contribution in [0.15, 0.2) is 36.4 Å². The van der Waals surface area contributed by atoms with Gasteiger partial charge in [0, 0.05) is 6.61 Å². The van der Waals surface area contributed by atoms with Crippen LogP contribution >= 0.6 is 0 Å². The van der Waals surface area contributed by atoms with E-state index in [4.69, 9.17) is 4.74 Å². The van der Waals surface area contributed by atoms with E-state index in [1.54, 1.807) is 0 Å². The maximum absolute atomic E-state index is 11.4. The smallest absolute Gasteiger partial charge is 0.299 e. The quantitative estimate of drug-likeness (QED) is 0.732. The third-order valence-corrected chi connectivity index (χ3v) is 3.50. The Kier molecular flexibility index (Phi) is 4.77. The van der Waals surface area contributed by atoms with Crippen LogP contribution in [-0.4, -0.2) is 21.2 Å². The Hall–Kier alpha value is -1.06. The lowest BCUT2D eigenvalue weighted by Gasteiger charge is -2.26. The summed E-state index contributed by atoms with van der Waals surface area (Å²) in [5.41, 5.74) is 2.07. The molecule has 0 heterocycles. The predicted molar refractivity (Wildman–Crippen MR) is 68.0 cm³/mol.